The van der Waals surface area contributed by atoms with Gasteiger partial charge in [-0.2, -0.15) is 5.10 Å². The number of amides is 2. The van der Waals surface area contributed by atoms with E-state index in [0.717, 1.165) is 16.0 Å². The third-order valence-electron chi connectivity index (χ3n) is 4.17. The van der Waals surface area contributed by atoms with Gasteiger partial charge in [0.1, 0.15) is 5.82 Å². The minimum absolute atomic E-state index is 0.224. The van der Waals surface area contributed by atoms with Crippen LogP contribution in [0.25, 0.3) is 0 Å². The molecule has 3 rings (SSSR count). The summed E-state index contributed by atoms with van der Waals surface area (Å²) in [5.41, 5.74) is 1.69. The summed E-state index contributed by atoms with van der Waals surface area (Å²) >= 11 is 1.60. The van der Waals surface area contributed by atoms with Crippen molar-refractivity contribution in [3.05, 3.63) is 70.0 Å². The average Bonchev–Trinajstić information content (AvgIpc) is 3.37. The molecular formula is C22H26N4O3S. The van der Waals surface area contributed by atoms with E-state index in [1.165, 1.54) is 0 Å². The lowest BCUT2D eigenvalue weighted by molar-refractivity contribution is -0.136. The van der Waals surface area contributed by atoms with E-state index in [-0.39, 0.29) is 12.1 Å². The number of carbonyl (C=O) groups excluding carboxylic acids is 2. The van der Waals surface area contributed by atoms with Gasteiger partial charge in [-0.15, -0.1) is 11.3 Å². The first-order valence-electron chi connectivity index (χ1n) is 9.65. The fourth-order valence-electron chi connectivity index (χ4n) is 2.68. The van der Waals surface area contributed by atoms with Crippen LogP contribution >= 0.6 is 11.3 Å². The number of rotatable bonds is 7. The van der Waals surface area contributed by atoms with Gasteiger partial charge in [-0.3, -0.25) is 9.59 Å². The van der Waals surface area contributed by atoms with Gasteiger partial charge in [-0.05, 0) is 43.3 Å². The second-order valence-electron chi connectivity index (χ2n) is 7.81. The largest absolute Gasteiger partial charge is 0.371 e. The highest BCUT2D eigenvalue weighted by molar-refractivity contribution is 7.09. The third-order valence-corrected chi connectivity index (χ3v) is 5.03. The molecule has 0 fully saturated rings. The van der Waals surface area contributed by atoms with Crippen molar-refractivity contribution in [3.63, 3.8) is 0 Å². The van der Waals surface area contributed by atoms with Crippen molar-refractivity contribution in [2.45, 2.75) is 46.1 Å². The van der Waals surface area contributed by atoms with Crippen LogP contribution in [0.15, 0.2) is 54.0 Å². The van der Waals surface area contributed by atoms with Crippen molar-refractivity contribution in [3.8, 4) is 0 Å². The van der Waals surface area contributed by atoms with Crippen molar-refractivity contribution < 1.29 is 14.3 Å². The summed E-state index contributed by atoms with van der Waals surface area (Å²) in [6.07, 6.45) is 1.59. The predicted molar refractivity (Wildman–Crippen MR) is 117 cm³/mol. The zero-order chi connectivity index (χ0) is 21.6. The zero-order valence-corrected chi connectivity index (χ0v) is 18.2. The molecule has 2 amide bonds. The molecule has 7 nitrogen and oxygen atoms in total. The summed E-state index contributed by atoms with van der Waals surface area (Å²) in [4.78, 5) is 25.6. The van der Waals surface area contributed by atoms with Gasteiger partial charge in [0.15, 0.2) is 0 Å². The molecule has 2 heterocycles. The molecule has 0 aliphatic heterocycles. The fraction of sp³-hybridized carbons (Fsp3) is 0.318. The van der Waals surface area contributed by atoms with Crippen LogP contribution in [0.2, 0.25) is 0 Å². The number of benzene rings is 1. The first-order chi connectivity index (χ1) is 14.3. The molecular weight excluding hydrogens is 400 g/mol. The zero-order valence-electron chi connectivity index (χ0n) is 17.3. The second-order valence-corrected chi connectivity index (χ2v) is 8.84. The van der Waals surface area contributed by atoms with E-state index in [1.807, 2.05) is 62.5 Å². The standard InChI is InChI=1S/C22H26N4O3S/c1-22(2,3)29-15-17-7-4-6-16(12-17)13-23-20(27)21(28)25-19-9-10-24-26(19)14-18-8-5-11-30-18/h4-12H,13-15H2,1-3H3,(H,23,27)(H,25,28). The number of ether oxygens (including phenoxy) is 1. The Morgan fingerprint density at radius 2 is 1.90 bits per heavy atom. The van der Waals surface area contributed by atoms with Crippen molar-refractivity contribution in [1.82, 2.24) is 15.1 Å². The summed E-state index contributed by atoms with van der Waals surface area (Å²) in [7, 11) is 0. The topological polar surface area (TPSA) is 85.2 Å². The number of hydrogen-bond acceptors (Lipinski definition) is 5. The van der Waals surface area contributed by atoms with Gasteiger partial charge in [0, 0.05) is 17.5 Å². The molecule has 0 spiro atoms. The Morgan fingerprint density at radius 3 is 2.63 bits per heavy atom. The molecule has 2 aromatic heterocycles. The van der Waals surface area contributed by atoms with Crippen LogP contribution in [0, 0.1) is 0 Å². The number of hydrogen-bond donors (Lipinski definition) is 2. The summed E-state index contributed by atoms with van der Waals surface area (Å²) in [5.74, 6) is -0.949. The van der Waals surface area contributed by atoms with Crippen molar-refractivity contribution in [2.75, 3.05) is 5.32 Å². The number of aromatic nitrogens is 2. The molecule has 158 valence electrons. The molecule has 0 atom stereocenters. The molecule has 0 radical (unpaired) electrons. The molecule has 2 N–H and O–H groups in total. The van der Waals surface area contributed by atoms with E-state index in [1.54, 1.807) is 28.3 Å². The Bertz CT molecular complexity index is 990. The van der Waals surface area contributed by atoms with Crippen LogP contribution in [0.3, 0.4) is 0 Å². The Morgan fingerprint density at radius 1 is 1.10 bits per heavy atom. The average molecular weight is 427 g/mol. The number of carbonyl (C=O) groups is 2. The molecule has 0 unspecified atom stereocenters. The highest BCUT2D eigenvalue weighted by atomic mass is 32.1. The maximum Gasteiger partial charge on any atom is 0.314 e. The summed E-state index contributed by atoms with van der Waals surface area (Å²) in [6.45, 7) is 7.28. The first kappa shape index (κ1) is 21.7. The van der Waals surface area contributed by atoms with Gasteiger partial charge in [0.05, 0.1) is 24.9 Å². The second kappa shape index (κ2) is 9.69. The predicted octanol–water partition coefficient (Wildman–Crippen LogP) is 3.56. The van der Waals surface area contributed by atoms with E-state index in [2.05, 4.69) is 15.7 Å². The monoisotopic (exact) mass is 426 g/mol. The smallest absolute Gasteiger partial charge is 0.314 e. The van der Waals surface area contributed by atoms with Gasteiger partial charge in [-0.25, -0.2) is 4.68 Å². The van der Waals surface area contributed by atoms with Crippen LogP contribution < -0.4 is 10.6 Å². The molecule has 0 saturated carbocycles. The summed E-state index contributed by atoms with van der Waals surface area (Å²) in [6, 6.07) is 13.3. The van der Waals surface area contributed by atoms with Crippen molar-refractivity contribution in [1.29, 1.82) is 0 Å². The highest BCUT2D eigenvalue weighted by Gasteiger charge is 2.16. The van der Waals surface area contributed by atoms with Gasteiger partial charge in [0.2, 0.25) is 0 Å². The maximum atomic E-state index is 12.3. The lowest BCUT2D eigenvalue weighted by atomic mass is 10.1. The number of thiophene rings is 1. The quantitative estimate of drug-likeness (QED) is 0.566. The van der Waals surface area contributed by atoms with Gasteiger partial charge >= 0.3 is 11.8 Å². The van der Waals surface area contributed by atoms with Crippen LogP contribution in [0.4, 0.5) is 5.82 Å². The van der Waals surface area contributed by atoms with Crippen LogP contribution in [0.1, 0.15) is 36.8 Å². The van der Waals surface area contributed by atoms with E-state index < -0.39 is 11.8 Å². The molecule has 30 heavy (non-hydrogen) atoms. The van der Waals surface area contributed by atoms with Gasteiger partial charge in [0.25, 0.3) is 0 Å². The van der Waals surface area contributed by atoms with E-state index in [0.29, 0.717) is 19.0 Å². The normalized spacial score (nSPS) is 11.3. The lowest BCUT2D eigenvalue weighted by Gasteiger charge is -2.19. The minimum atomic E-state index is -0.727. The highest BCUT2D eigenvalue weighted by Crippen LogP contribution is 2.15. The number of nitrogens with zero attached hydrogens (tertiary/aromatic N) is 2. The molecule has 0 saturated heterocycles. The molecule has 0 aliphatic carbocycles. The van der Waals surface area contributed by atoms with Gasteiger partial charge in [-0.1, -0.05) is 30.3 Å². The lowest BCUT2D eigenvalue weighted by Crippen LogP contribution is -2.35. The van der Waals surface area contributed by atoms with Crippen LogP contribution in [-0.4, -0.2) is 27.2 Å². The number of nitrogens with one attached hydrogen (secondary N) is 2. The maximum absolute atomic E-state index is 12.3. The molecule has 3 aromatic rings. The SMILES string of the molecule is CC(C)(C)OCc1cccc(CNC(=O)C(=O)Nc2ccnn2Cc2cccs2)c1. The molecule has 1 aromatic carbocycles. The van der Waals surface area contributed by atoms with Crippen LogP contribution in [-0.2, 0) is 34.0 Å². The van der Waals surface area contributed by atoms with Crippen molar-refractivity contribution >= 4 is 29.0 Å². The van der Waals surface area contributed by atoms with Gasteiger partial charge < -0.3 is 15.4 Å². The van der Waals surface area contributed by atoms with E-state index >= 15 is 0 Å². The first-order valence-corrected chi connectivity index (χ1v) is 10.5. The Labute approximate surface area is 180 Å². The van der Waals surface area contributed by atoms with E-state index in [9.17, 15) is 9.59 Å². The summed E-state index contributed by atoms with van der Waals surface area (Å²) < 4.78 is 7.43. The Kier molecular flexibility index (Phi) is 7.02. The third kappa shape index (κ3) is 6.53. The molecule has 0 aliphatic rings. The minimum Gasteiger partial charge on any atom is -0.371 e. The Hall–Kier alpha value is -2.97. The van der Waals surface area contributed by atoms with Crippen molar-refractivity contribution in [2.24, 2.45) is 0 Å². The van der Waals surface area contributed by atoms with E-state index in [4.69, 9.17) is 4.74 Å². The summed E-state index contributed by atoms with van der Waals surface area (Å²) in [5, 5.41) is 11.5. The molecule has 0 bridgehead atoms. The molecule has 8 heteroatoms. The number of anilines is 1. The van der Waals surface area contributed by atoms with Crippen LogP contribution in [0.5, 0.6) is 0 Å². The Balaban J connectivity index is 1.52. The fourth-order valence-corrected chi connectivity index (χ4v) is 3.37.